The van der Waals surface area contributed by atoms with E-state index in [0.717, 1.165) is 24.4 Å². The lowest BCUT2D eigenvalue weighted by atomic mass is 10.1. The van der Waals surface area contributed by atoms with Gasteiger partial charge < -0.3 is 9.47 Å². The summed E-state index contributed by atoms with van der Waals surface area (Å²) in [5.41, 5.74) is 5.71. The molecule has 0 aromatic heterocycles. The van der Waals surface area contributed by atoms with Crippen molar-refractivity contribution in [2.45, 2.75) is 12.8 Å². The van der Waals surface area contributed by atoms with Crippen molar-refractivity contribution < 1.29 is 9.47 Å². The Morgan fingerprint density at radius 2 is 2.04 bits per heavy atom. The van der Waals surface area contributed by atoms with Gasteiger partial charge in [-0.3, -0.25) is 10.3 Å². The number of nitrogens with one attached hydrogen (secondary N) is 1. The standard InChI is InChI=1S/C19H18N4O2/c20-11-14-5-7-15(8-6-14)19-22-21-18(25-19)13-23-9-10-24-17-4-2-1-3-16(17)12-23/h1-8,18,21H,9-10,12-13H2. The molecule has 2 aromatic rings. The molecule has 1 atom stereocenters. The molecule has 0 amide bonds. The molecule has 1 N–H and O–H groups in total. The topological polar surface area (TPSA) is 69.9 Å². The van der Waals surface area contributed by atoms with Gasteiger partial charge in [-0.2, -0.15) is 5.26 Å². The van der Waals surface area contributed by atoms with Crippen LogP contribution in [-0.2, 0) is 11.3 Å². The zero-order valence-electron chi connectivity index (χ0n) is 13.7. The Kier molecular flexibility index (Phi) is 4.23. The Morgan fingerprint density at radius 1 is 1.20 bits per heavy atom. The molecule has 2 aliphatic heterocycles. The third kappa shape index (κ3) is 3.42. The van der Waals surface area contributed by atoms with E-state index in [4.69, 9.17) is 14.7 Å². The van der Waals surface area contributed by atoms with E-state index in [0.29, 0.717) is 24.6 Å². The monoisotopic (exact) mass is 334 g/mol. The number of rotatable bonds is 3. The highest BCUT2D eigenvalue weighted by Gasteiger charge is 2.24. The van der Waals surface area contributed by atoms with Crippen LogP contribution in [0.2, 0.25) is 0 Å². The first-order valence-electron chi connectivity index (χ1n) is 8.25. The molecular weight excluding hydrogens is 316 g/mol. The lowest BCUT2D eigenvalue weighted by Crippen LogP contribution is -2.39. The molecule has 2 aliphatic rings. The maximum atomic E-state index is 8.87. The average Bonchev–Trinajstić information content (AvgIpc) is 3.01. The smallest absolute Gasteiger partial charge is 0.240 e. The second kappa shape index (κ2) is 6.83. The van der Waals surface area contributed by atoms with Gasteiger partial charge in [0.15, 0.2) is 6.23 Å². The number of nitrogens with zero attached hydrogens (tertiary/aromatic N) is 3. The number of para-hydroxylation sites is 1. The molecule has 0 spiro atoms. The molecule has 0 radical (unpaired) electrons. The lowest BCUT2D eigenvalue weighted by Gasteiger charge is -2.22. The molecule has 0 bridgehead atoms. The van der Waals surface area contributed by atoms with Crippen molar-refractivity contribution in [1.29, 1.82) is 5.26 Å². The van der Waals surface area contributed by atoms with Crippen LogP contribution in [0.4, 0.5) is 0 Å². The Morgan fingerprint density at radius 3 is 2.88 bits per heavy atom. The third-order valence-electron chi connectivity index (χ3n) is 4.28. The van der Waals surface area contributed by atoms with E-state index in [1.165, 1.54) is 5.56 Å². The van der Waals surface area contributed by atoms with Crippen molar-refractivity contribution in [3.63, 3.8) is 0 Å². The maximum absolute atomic E-state index is 8.87. The van der Waals surface area contributed by atoms with Gasteiger partial charge in [0, 0.05) is 24.2 Å². The fourth-order valence-corrected chi connectivity index (χ4v) is 2.99. The van der Waals surface area contributed by atoms with Gasteiger partial charge in [-0.1, -0.05) is 18.2 Å². The summed E-state index contributed by atoms with van der Waals surface area (Å²) in [7, 11) is 0. The summed E-state index contributed by atoms with van der Waals surface area (Å²) in [4.78, 5) is 2.29. The SMILES string of the molecule is N#Cc1ccc(C2=NNC(CN3CCOc4ccccc4C3)O2)cc1. The van der Waals surface area contributed by atoms with Crippen LogP contribution in [0.25, 0.3) is 0 Å². The number of nitriles is 1. The van der Waals surface area contributed by atoms with Gasteiger partial charge in [0.1, 0.15) is 12.4 Å². The molecule has 6 heteroatoms. The summed E-state index contributed by atoms with van der Waals surface area (Å²) in [5.74, 6) is 1.51. The van der Waals surface area contributed by atoms with Crippen LogP contribution < -0.4 is 10.2 Å². The number of hydrogen-bond donors (Lipinski definition) is 1. The Balaban J connectivity index is 1.38. The van der Waals surface area contributed by atoms with Crippen LogP contribution >= 0.6 is 0 Å². The number of hydrazone groups is 1. The molecule has 0 saturated heterocycles. The van der Waals surface area contributed by atoms with E-state index in [1.54, 1.807) is 12.1 Å². The van der Waals surface area contributed by atoms with E-state index in [2.05, 4.69) is 27.6 Å². The van der Waals surface area contributed by atoms with Gasteiger partial charge in [-0.05, 0) is 30.3 Å². The Bertz CT molecular complexity index is 826. The van der Waals surface area contributed by atoms with Crippen molar-refractivity contribution >= 4 is 5.90 Å². The normalized spacial score (nSPS) is 19.5. The van der Waals surface area contributed by atoms with E-state index in [1.807, 2.05) is 30.3 Å². The first kappa shape index (κ1) is 15.5. The second-order valence-corrected chi connectivity index (χ2v) is 6.03. The Labute approximate surface area is 146 Å². The van der Waals surface area contributed by atoms with Crippen molar-refractivity contribution in [2.75, 3.05) is 19.7 Å². The first-order chi connectivity index (χ1) is 12.3. The summed E-state index contributed by atoms with van der Waals surface area (Å²) < 4.78 is 11.7. The molecule has 25 heavy (non-hydrogen) atoms. The zero-order chi connectivity index (χ0) is 17.1. The number of fused-ring (bicyclic) bond motifs is 1. The number of ether oxygens (including phenoxy) is 2. The van der Waals surface area contributed by atoms with Gasteiger partial charge in [0.25, 0.3) is 0 Å². The largest absolute Gasteiger partial charge is 0.492 e. The number of hydrogen-bond acceptors (Lipinski definition) is 6. The van der Waals surface area contributed by atoms with Gasteiger partial charge in [0.05, 0.1) is 18.2 Å². The lowest BCUT2D eigenvalue weighted by molar-refractivity contribution is 0.111. The molecule has 0 aliphatic carbocycles. The fourth-order valence-electron chi connectivity index (χ4n) is 2.99. The van der Waals surface area contributed by atoms with Gasteiger partial charge in [-0.15, -0.1) is 5.10 Å². The zero-order valence-corrected chi connectivity index (χ0v) is 13.7. The molecule has 4 rings (SSSR count). The number of benzene rings is 2. The van der Waals surface area contributed by atoms with Crippen molar-refractivity contribution in [3.8, 4) is 11.8 Å². The highest BCUT2D eigenvalue weighted by Crippen LogP contribution is 2.23. The minimum atomic E-state index is -0.198. The Hall–Kier alpha value is -3.04. The average molecular weight is 334 g/mol. The van der Waals surface area contributed by atoms with Crippen LogP contribution in [0.15, 0.2) is 53.6 Å². The summed E-state index contributed by atoms with van der Waals surface area (Å²) in [6.07, 6.45) is -0.198. The van der Waals surface area contributed by atoms with Crippen LogP contribution in [0.3, 0.4) is 0 Å². The van der Waals surface area contributed by atoms with Crippen LogP contribution in [-0.4, -0.2) is 36.7 Å². The highest BCUT2D eigenvalue weighted by atomic mass is 16.5. The summed E-state index contributed by atoms with van der Waals surface area (Å²) in [5, 5.41) is 13.2. The van der Waals surface area contributed by atoms with Gasteiger partial charge in [-0.25, -0.2) is 0 Å². The fraction of sp³-hybridized carbons (Fsp3) is 0.263. The predicted octanol–water partition coefficient (Wildman–Crippen LogP) is 2.06. The first-order valence-corrected chi connectivity index (χ1v) is 8.25. The van der Waals surface area contributed by atoms with Crippen LogP contribution in [0, 0.1) is 11.3 Å². The predicted molar refractivity (Wildman–Crippen MR) is 92.9 cm³/mol. The van der Waals surface area contributed by atoms with Crippen molar-refractivity contribution in [3.05, 3.63) is 65.2 Å². The summed E-state index contributed by atoms with van der Waals surface area (Å²) in [6, 6.07) is 17.4. The molecule has 2 heterocycles. The van der Waals surface area contributed by atoms with Crippen LogP contribution in [0.1, 0.15) is 16.7 Å². The van der Waals surface area contributed by atoms with Gasteiger partial charge in [0.2, 0.25) is 5.90 Å². The summed E-state index contributed by atoms with van der Waals surface area (Å²) >= 11 is 0. The van der Waals surface area contributed by atoms with Crippen molar-refractivity contribution in [1.82, 2.24) is 10.3 Å². The van der Waals surface area contributed by atoms with E-state index < -0.39 is 0 Å². The second-order valence-electron chi connectivity index (χ2n) is 6.03. The molecule has 0 saturated carbocycles. The molecule has 126 valence electrons. The molecule has 1 unspecified atom stereocenters. The van der Waals surface area contributed by atoms with Crippen molar-refractivity contribution in [2.24, 2.45) is 5.10 Å². The van der Waals surface area contributed by atoms with E-state index >= 15 is 0 Å². The van der Waals surface area contributed by atoms with E-state index in [-0.39, 0.29) is 6.23 Å². The minimum Gasteiger partial charge on any atom is -0.492 e. The van der Waals surface area contributed by atoms with Crippen LogP contribution in [0.5, 0.6) is 5.75 Å². The third-order valence-corrected chi connectivity index (χ3v) is 4.28. The quantitative estimate of drug-likeness (QED) is 0.930. The molecule has 0 fully saturated rings. The highest BCUT2D eigenvalue weighted by molar-refractivity contribution is 5.94. The molecule has 6 nitrogen and oxygen atoms in total. The van der Waals surface area contributed by atoms with E-state index in [9.17, 15) is 0 Å². The van der Waals surface area contributed by atoms with Gasteiger partial charge >= 0.3 is 0 Å². The minimum absolute atomic E-state index is 0.198. The molecule has 2 aromatic carbocycles. The molecular formula is C19H18N4O2. The summed E-state index contributed by atoms with van der Waals surface area (Å²) in [6.45, 7) is 3.03. The maximum Gasteiger partial charge on any atom is 0.240 e.